The van der Waals surface area contributed by atoms with Crippen LogP contribution in [-0.4, -0.2) is 57.7 Å². The van der Waals surface area contributed by atoms with Crippen LogP contribution >= 0.6 is 0 Å². The molecule has 2 aromatic rings. The van der Waals surface area contributed by atoms with Gasteiger partial charge in [-0.3, -0.25) is 19.2 Å². The van der Waals surface area contributed by atoms with Crippen molar-refractivity contribution >= 4 is 11.9 Å². The third-order valence-corrected chi connectivity index (χ3v) is 5.99. The molecule has 0 spiro atoms. The molecule has 1 aromatic heterocycles. The van der Waals surface area contributed by atoms with Gasteiger partial charge in [0.05, 0.1) is 18.2 Å². The number of ether oxygens (including phenoxy) is 1. The van der Waals surface area contributed by atoms with Gasteiger partial charge < -0.3 is 9.64 Å². The van der Waals surface area contributed by atoms with Crippen molar-refractivity contribution in [3.8, 4) is 0 Å². The van der Waals surface area contributed by atoms with Crippen LogP contribution in [0.3, 0.4) is 0 Å². The van der Waals surface area contributed by atoms with Crippen molar-refractivity contribution < 1.29 is 14.3 Å². The number of amides is 1. The smallest absolute Gasteiger partial charge is 0.311 e. The number of rotatable bonds is 5. The first-order chi connectivity index (χ1) is 14.0. The van der Waals surface area contributed by atoms with Crippen LogP contribution in [0.1, 0.15) is 36.4 Å². The molecule has 154 valence electrons. The maximum atomic E-state index is 13.1. The fraction of sp³-hybridized carbons (Fsp3) is 0.500. The Bertz CT molecular complexity index is 866. The van der Waals surface area contributed by atoms with Gasteiger partial charge in [-0.15, -0.1) is 0 Å². The van der Waals surface area contributed by atoms with E-state index in [1.165, 1.54) is 5.56 Å². The van der Waals surface area contributed by atoms with E-state index in [1.54, 1.807) is 22.8 Å². The molecule has 7 nitrogen and oxygen atoms in total. The Morgan fingerprint density at radius 3 is 2.72 bits per heavy atom. The molecule has 4 rings (SSSR count). The quantitative estimate of drug-likeness (QED) is 0.725. The Hall–Kier alpha value is -2.67. The van der Waals surface area contributed by atoms with Crippen LogP contribution in [0.15, 0.2) is 42.7 Å². The van der Waals surface area contributed by atoms with Gasteiger partial charge in [0.2, 0.25) is 5.91 Å². The molecule has 0 radical (unpaired) electrons. The van der Waals surface area contributed by atoms with Crippen molar-refractivity contribution in [1.82, 2.24) is 19.6 Å². The molecule has 2 fully saturated rings. The van der Waals surface area contributed by atoms with Gasteiger partial charge in [0.25, 0.3) is 0 Å². The van der Waals surface area contributed by atoms with Crippen LogP contribution in [0, 0.1) is 5.92 Å². The predicted molar refractivity (Wildman–Crippen MR) is 108 cm³/mol. The molecule has 3 heterocycles. The number of aromatic nitrogens is 2. The molecule has 0 bridgehead atoms. The van der Waals surface area contributed by atoms with Crippen molar-refractivity contribution in [3.05, 3.63) is 53.9 Å². The highest BCUT2D eigenvalue weighted by Gasteiger charge is 2.41. The van der Waals surface area contributed by atoms with Gasteiger partial charge in [-0.25, -0.2) is 0 Å². The normalized spacial score (nSPS) is 25.4. The van der Waals surface area contributed by atoms with Crippen LogP contribution in [0.4, 0.5) is 0 Å². The summed E-state index contributed by atoms with van der Waals surface area (Å²) in [4.78, 5) is 29.3. The van der Waals surface area contributed by atoms with Crippen LogP contribution < -0.4 is 0 Å². The Labute approximate surface area is 171 Å². The minimum atomic E-state index is -0.356. The number of hydrogen-bond acceptors (Lipinski definition) is 5. The van der Waals surface area contributed by atoms with E-state index in [2.05, 4.69) is 22.1 Å². The zero-order chi connectivity index (χ0) is 20.4. The summed E-state index contributed by atoms with van der Waals surface area (Å²) in [7, 11) is 3.60. The lowest BCUT2D eigenvalue weighted by atomic mass is 9.86. The summed E-state index contributed by atoms with van der Waals surface area (Å²) in [6.07, 6.45) is 5.25. The predicted octanol–water partition coefficient (Wildman–Crippen LogP) is 2.15. The number of carbonyl (C=O) groups excluding carboxylic acids is 2. The van der Waals surface area contributed by atoms with Crippen LogP contribution in [0.25, 0.3) is 0 Å². The van der Waals surface area contributed by atoms with E-state index >= 15 is 0 Å². The Kier molecular flexibility index (Phi) is 5.67. The molecule has 3 atom stereocenters. The second-order valence-corrected chi connectivity index (χ2v) is 8.11. The fourth-order valence-electron chi connectivity index (χ4n) is 4.46. The molecule has 1 amide bonds. The summed E-state index contributed by atoms with van der Waals surface area (Å²) < 4.78 is 7.61. The molecule has 1 aromatic carbocycles. The monoisotopic (exact) mass is 396 g/mol. The van der Waals surface area contributed by atoms with E-state index in [0.717, 1.165) is 31.6 Å². The van der Waals surface area contributed by atoms with Gasteiger partial charge in [-0.2, -0.15) is 5.10 Å². The molecule has 7 heteroatoms. The van der Waals surface area contributed by atoms with Gasteiger partial charge in [-0.05, 0) is 18.4 Å². The maximum absolute atomic E-state index is 13.1. The first-order valence-electron chi connectivity index (χ1n) is 10.2. The van der Waals surface area contributed by atoms with Gasteiger partial charge in [0.15, 0.2) is 0 Å². The van der Waals surface area contributed by atoms with Crippen LogP contribution in [0.5, 0.6) is 0 Å². The zero-order valence-corrected chi connectivity index (χ0v) is 17.0. The van der Waals surface area contributed by atoms with Crippen molar-refractivity contribution in [2.75, 3.05) is 20.1 Å². The van der Waals surface area contributed by atoms with Gasteiger partial charge in [-0.1, -0.05) is 30.3 Å². The summed E-state index contributed by atoms with van der Waals surface area (Å²) in [5.41, 5.74) is 2.14. The third kappa shape index (κ3) is 4.34. The molecule has 2 aliphatic rings. The molecule has 29 heavy (non-hydrogen) atoms. The number of aryl methyl sites for hydroxylation is 1. The second-order valence-electron chi connectivity index (χ2n) is 8.11. The maximum Gasteiger partial charge on any atom is 0.311 e. The highest BCUT2D eigenvalue weighted by Crippen LogP contribution is 2.36. The average molecular weight is 396 g/mol. The highest BCUT2D eigenvalue weighted by molar-refractivity contribution is 5.82. The summed E-state index contributed by atoms with van der Waals surface area (Å²) in [5.74, 6) is -0.507. The van der Waals surface area contributed by atoms with E-state index in [4.69, 9.17) is 4.74 Å². The standard InChI is InChI=1S/C22H28N4O3/c1-24-14-17(12-23-24)21-19(8-9-20(27)25(21)2)22(28)29-18-10-11-26(15-18)13-16-6-4-3-5-7-16/h3-7,12,14,18-19,21H,8-11,13,15H2,1-2H3/t18-,19?,21?/m1/s1. The summed E-state index contributed by atoms with van der Waals surface area (Å²) in [6.45, 7) is 2.54. The molecule has 2 aliphatic heterocycles. The lowest BCUT2D eigenvalue weighted by Crippen LogP contribution is -2.44. The fourth-order valence-corrected chi connectivity index (χ4v) is 4.46. The molecule has 2 saturated heterocycles. The number of piperidine rings is 1. The van der Waals surface area contributed by atoms with Gasteiger partial charge in [0.1, 0.15) is 6.10 Å². The van der Waals surface area contributed by atoms with Crippen LogP contribution in [-0.2, 0) is 27.9 Å². The Balaban J connectivity index is 1.40. The molecule has 2 unspecified atom stereocenters. The minimum Gasteiger partial charge on any atom is -0.461 e. The van der Waals surface area contributed by atoms with Crippen molar-refractivity contribution in [2.45, 2.75) is 38.0 Å². The molecule has 0 saturated carbocycles. The molecule has 0 N–H and O–H groups in total. The minimum absolute atomic E-state index is 0.0535. The largest absolute Gasteiger partial charge is 0.461 e. The summed E-state index contributed by atoms with van der Waals surface area (Å²) in [5, 5.41) is 4.22. The van der Waals surface area contributed by atoms with Crippen molar-refractivity contribution in [2.24, 2.45) is 13.0 Å². The molecule has 0 aliphatic carbocycles. The van der Waals surface area contributed by atoms with E-state index in [9.17, 15) is 9.59 Å². The van der Waals surface area contributed by atoms with E-state index in [-0.39, 0.29) is 29.9 Å². The molecular formula is C22H28N4O3. The first kappa shape index (κ1) is 19.6. The number of esters is 1. The van der Waals surface area contributed by atoms with E-state index < -0.39 is 0 Å². The van der Waals surface area contributed by atoms with Gasteiger partial charge >= 0.3 is 5.97 Å². The number of benzene rings is 1. The number of likely N-dealkylation sites (tertiary alicyclic amines) is 2. The van der Waals surface area contributed by atoms with E-state index in [1.807, 2.05) is 31.4 Å². The zero-order valence-electron chi connectivity index (χ0n) is 17.0. The lowest BCUT2D eigenvalue weighted by Gasteiger charge is -2.37. The number of hydrogen-bond donors (Lipinski definition) is 0. The first-order valence-corrected chi connectivity index (χ1v) is 10.2. The summed E-state index contributed by atoms with van der Waals surface area (Å²) in [6, 6.07) is 10.0. The average Bonchev–Trinajstić information content (AvgIpc) is 3.33. The van der Waals surface area contributed by atoms with E-state index in [0.29, 0.717) is 12.8 Å². The Morgan fingerprint density at radius 1 is 1.21 bits per heavy atom. The number of carbonyl (C=O) groups is 2. The lowest BCUT2D eigenvalue weighted by molar-refractivity contribution is -0.160. The Morgan fingerprint density at radius 2 is 2.00 bits per heavy atom. The second kappa shape index (κ2) is 8.37. The molecular weight excluding hydrogens is 368 g/mol. The van der Waals surface area contributed by atoms with Crippen LogP contribution in [0.2, 0.25) is 0 Å². The SMILES string of the molecule is CN1C(=O)CCC(C(=O)O[C@@H]2CCN(Cc3ccccc3)C2)C1c1cnn(C)c1. The topological polar surface area (TPSA) is 67.7 Å². The van der Waals surface area contributed by atoms with Crippen molar-refractivity contribution in [3.63, 3.8) is 0 Å². The van der Waals surface area contributed by atoms with Gasteiger partial charge in [0, 0.05) is 51.9 Å². The third-order valence-electron chi connectivity index (χ3n) is 5.99. The highest BCUT2D eigenvalue weighted by atomic mass is 16.5. The van der Waals surface area contributed by atoms with Crippen molar-refractivity contribution in [1.29, 1.82) is 0 Å². The number of nitrogens with zero attached hydrogens (tertiary/aromatic N) is 4. The summed E-state index contributed by atoms with van der Waals surface area (Å²) >= 11 is 0.